The van der Waals surface area contributed by atoms with Gasteiger partial charge in [0.05, 0.1) is 16.8 Å². The molecule has 1 aromatic rings. The van der Waals surface area contributed by atoms with Crippen LogP contribution in [-0.2, 0) is 4.79 Å². The molecule has 1 fully saturated rings. The molecule has 1 aliphatic heterocycles. The van der Waals surface area contributed by atoms with Crippen molar-refractivity contribution in [3.8, 4) is 0 Å². The minimum Gasteiger partial charge on any atom is -0.481 e. The van der Waals surface area contributed by atoms with E-state index in [9.17, 15) is 9.90 Å². The number of aryl methyl sites for hydroxylation is 2. The molecule has 98 valence electrons. The Morgan fingerprint density at radius 2 is 1.83 bits per heavy atom. The van der Waals surface area contributed by atoms with Gasteiger partial charge < -0.3 is 10.0 Å². The van der Waals surface area contributed by atoms with Crippen LogP contribution in [0.15, 0.2) is 0 Å². The van der Waals surface area contributed by atoms with Crippen molar-refractivity contribution < 1.29 is 9.90 Å². The minimum absolute atomic E-state index is 0.602. The van der Waals surface area contributed by atoms with Crippen LogP contribution in [0.1, 0.15) is 31.2 Å². The number of anilines is 1. The fraction of sp³-hybridized carbons (Fsp3) is 0.667. The number of carboxylic acid groups (broad SMARTS) is 1. The molecule has 2 rings (SSSR count). The third-order valence-electron chi connectivity index (χ3n) is 3.75. The lowest BCUT2D eigenvalue weighted by Crippen LogP contribution is -2.43. The maximum Gasteiger partial charge on any atom is 0.309 e. The molecule has 0 amide bonds. The Hall–Kier alpha value is -1.72. The zero-order chi connectivity index (χ0) is 13.3. The number of nitrogens with zero attached hydrogens (tertiary/aromatic N) is 4. The molecule has 0 saturated carbocycles. The van der Waals surface area contributed by atoms with Crippen LogP contribution in [0, 0.1) is 19.3 Å². The van der Waals surface area contributed by atoms with Gasteiger partial charge in [-0.25, -0.2) is 4.98 Å². The average molecular weight is 250 g/mol. The standard InChI is InChI=1S/C12H18N4O2/c1-8-9(2)14-15-11(13-8)16-6-4-12(3,5-7-16)10(17)18/h4-7H2,1-3H3,(H,17,18). The van der Waals surface area contributed by atoms with E-state index in [1.165, 1.54) is 0 Å². The smallest absolute Gasteiger partial charge is 0.309 e. The van der Waals surface area contributed by atoms with Crippen molar-refractivity contribution in [1.82, 2.24) is 15.2 Å². The Bertz CT molecular complexity index is 467. The molecule has 0 spiro atoms. The van der Waals surface area contributed by atoms with Gasteiger partial charge in [-0.2, -0.15) is 5.10 Å². The van der Waals surface area contributed by atoms with Gasteiger partial charge in [0.1, 0.15) is 0 Å². The van der Waals surface area contributed by atoms with Crippen LogP contribution in [0.5, 0.6) is 0 Å². The first-order valence-corrected chi connectivity index (χ1v) is 6.09. The molecule has 1 saturated heterocycles. The van der Waals surface area contributed by atoms with Crippen molar-refractivity contribution in [2.75, 3.05) is 18.0 Å². The predicted octanol–water partition coefficient (Wildman–Crippen LogP) is 1.18. The maximum atomic E-state index is 11.2. The van der Waals surface area contributed by atoms with Crippen LogP contribution in [0.25, 0.3) is 0 Å². The van der Waals surface area contributed by atoms with Gasteiger partial charge >= 0.3 is 5.97 Å². The summed E-state index contributed by atoms with van der Waals surface area (Å²) in [7, 11) is 0. The molecule has 6 nitrogen and oxygen atoms in total. The van der Waals surface area contributed by atoms with Crippen LogP contribution in [0.4, 0.5) is 5.95 Å². The Kier molecular flexibility index (Phi) is 3.19. The van der Waals surface area contributed by atoms with E-state index in [0.717, 1.165) is 11.4 Å². The van der Waals surface area contributed by atoms with Crippen LogP contribution in [0.3, 0.4) is 0 Å². The fourth-order valence-corrected chi connectivity index (χ4v) is 1.99. The van der Waals surface area contributed by atoms with Gasteiger partial charge in [-0.1, -0.05) is 0 Å². The monoisotopic (exact) mass is 250 g/mol. The van der Waals surface area contributed by atoms with Crippen molar-refractivity contribution in [2.24, 2.45) is 5.41 Å². The molecule has 1 aromatic heterocycles. The number of piperidine rings is 1. The van der Waals surface area contributed by atoms with Crippen LogP contribution in [0.2, 0.25) is 0 Å². The van der Waals surface area contributed by atoms with Gasteiger partial charge in [-0.05, 0) is 33.6 Å². The zero-order valence-corrected chi connectivity index (χ0v) is 11.0. The third kappa shape index (κ3) is 2.27. The lowest BCUT2D eigenvalue weighted by Gasteiger charge is -2.36. The second kappa shape index (κ2) is 4.51. The van der Waals surface area contributed by atoms with Crippen molar-refractivity contribution in [3.05, 3.63) is 11.4 Å². The highest BCUT2D eigenvalue weighted by atomic mass is 16.4. The normalized spacial score (nSPS) is 18.7. The summed E-state index contributed by atoms with van der Waals surface area (Å²) >= 11 is 0. The van der Waals surface area contributed by atoms with Crippen LogP contribution >= 0.6 is 0 Å². The van der Waals surface area contributed by atoms with Crippen molar-refractivity contribution in [2.45, 2.75) is 33.6 Å². The van der Waals surface area contributed by atoms with Gasteiger partial charge in [0, 0.05) is 13.1 Å². The average Bonchev–Trinajstić information content (AvgIpc) is 2.34. The Morgan fingerprint density at radius 3 is 2.33 bits per heavy atom. The molecular weight excluding hydrogens is 232 g/mol. The topological polar surface area (TPSA) is 79.2 Å². The Balaban J connectivity index is 2.10. The molecule has 0 aromatic carbocycles. The van der Waals surface area contributed by atoms with Crippen molar-refractivity contribution in [1.29, 1.82) is 0 Å². The second-order valence-electron chi connectivity index (χ2n) is 5.14. The first kappa shape index (κ1) is 12.7. The number of carbonyl (C=O) groups is 1. The van der Waals surface area contributed by atoms with Crippen LogP contribution < -0.4 is 4.90 Å². The first-order chi connectivity index (χ1) is 8.42. The highest BCUT2D eigenvalue weighted by molar-refractivity contribution is 5.74. The largest absolute Gasteiger partial charge is 0.481 e. The molecular formula is C12H18N4O2. The summed E-state index contributed by atoms with van der Waals surface area (Å²) in [5.41, 5.74) is 1.07. The van der Waals surface area contributed by atoms with Gasteiger partial charge in [0.15, 0.2) is 0 Å². The Morgan fingerprint density at radius 1 is 1.22 bits per heavy atom. The lowest BCUT2D eigenvalue weighted by molar-refractivity contribution is -0.149. The molecule has 18 heavy (non-hydrogen) atoms. The fourth-order valence-electron chi connectivity index (χ4n) is 1.99. The zero-order valence-electron chi connectivity index (χ0n) is 11.0. The molecule has 0 radical (unpaired) electrons. The molecule has 6 heteroatoms. The number of hydrogen-bond donors (Lipinski definition) is 1. The molecule has 1 aliphatic rings. The quantitative estimate of drug-likeness (QED) is 0.849. The van der Waals surface area contributed by atoms with Crippen LogP contribution in [-0.4, -0.2) is 39.3 Å². The predicted molar refractivity (Wildman–Crippen MR) is 66.5 cm³/mol. The third-order valence-corrected chi connectivity index (χ3v) is 3.75. The first-order valence-electron chi connectivity index (χ1n) is 6.09. The van der Waals surface area contributed by atoms with E-state index in [2.05, 4.69) is 15.2 Å². The summed E-state index contributed by atoms with van der Waals surface area (Å²) in [5.74, 6) is -0.119. The minimum atomic E-state index is -0.721. The van der Waals surface area contributed by atoms with Gasteiger partial charge in [0.2, 0.25) is 5.95 Å². The van der Waals surface area contributed by atoms with E-state index in [4.69, 9.17) is 0 Å². The summed E-state index contributed by atoms with van der Waals surface area (Å²) in [6.07, 6.45) is 1.22. The molecule has 2 heterocycles. The molecule has 0 bridgehead atoms. The highest BCUT2D eigenvalue weighted by Crippen LogP contribution is 2.32. The van der Waals surface area contributed by atoms with Crippen molar-refractivity contribution in [3.63, 3.8) is 0 Å². The van der Waals surface area contributed by atoms with E-state index in [0.29, 0.717) is 31.9 Å². The number of carboxylic acids is 1. The number of rotatable bonds is 2. The number of hydrogen-bond acceptors (Lipinski definition) is 5. The van der Waals surface area contributed by atoms with E-state index in [1.54, 1.807) is 6.92 Å². The van der Waals surface area contributed by atoms with Gasteiger partial charge in [-0.3, -0.25) is 4.79 Å². The van der Waals surface area contributed by atoms with E-state index < -0.39 is 11.4 Å². The molecule has 0 unspecified atom stereocenters. The number of aromatic nitrogens is 3. The summed E-state index contributed by atoms with van der Waals surface area (Å²) < 4.78 is 0. The highest BCUT2D eigenvalue weighted by Gasteiger charge is 2.37. The SMILES string of the molecule is Cc1nnc(N2CCC(C)(C(=O)O)CC2)nc1C. The van der Waals surface area contributed by atoms with E-state index in [1.807, 2.05) is 18.7 Å². The summed E-state index contributed by atoms with van der Waals surface area (Å²) in [6.45, 7) is 6.89. The van der Waals surface area contributed by atoms with Crippen molar-refractivity contribution >= 4 is 11.9 Å². The summed E-state index contributed by atoms with van der Waals surface area (Å²) in [6, 6.07) is 0. The summed E-state index contributed by atoms with van der Waals surface area (Å²) in [4.78, 5) is 17.6. The molecule has 1 N–H and O–H groups in total. The second-order valence-corrected chi connectivity index (χ2v) is 5.14. The molecule has 0 aliphatic carbocycles. The maximum absolute atomic E-state index is 11.2. The van der Waals surface area contributed by atoms with E-state index in [-0.39, 0.29) is 0 Å². The number of aliphatic carboxylic acids is 1. The van der Waals surface area contributed by atoms with Gasteiger partial charge in [0.25, 0.3) is 0 Å². The summed E-state index contributed by atoms with van der Waals surface area (Å²) in [5, 5.41) is 17.3. The Labute approximate surface area is 106 Å². The lowest BCUT2D eigenvalue weighted by atomic mass is 9.80. The van der Waals surface area contributed by atoms with Gasteiger partial charge in [-0.15, -0.1) is 5.10 Å². The molecule has 0 atom stereocenters. The van der Waals surface area contributed by atoms with E-state index >= 15 is 0 Å².